The van der Waals surface area contributed by atoms with E-state index in [9.17, 15) is 13.6 Å². The lowest BCUT2D eigenvalue weighted by atomic mass is 10.1. The van der Waals surface area contributed by atoms with Crippen molar-refractivity contribution >= 4 is 5.91 Å². The summed E-state index contributed by atoms with van der Waals surface area (Å²) in [6.07, 6.45) is -1.40. The zero-order valence-corrected chi connectivity index (χ0v) is 12.4. The van der Waals surface area contributed by atoms with E-state index in [0.717, 1.165) is 16.4 Å². The molecule has 3 aromatic rings. The van der Waals surface area contributed by atoms with Gasteiger partial charge in [-0.1, -0.05) is 40.7 Å². The van der Waals surface area contributed by atoms with Crippen molar-refractivity contribution in [2.45, 2.75) is 19.5 Å². The molecule has 0 aliphatic heterocycles. The first kappa shape index (κ1) is 15.8. The second-order valence-electron chi connectivity index (χ2n) is 4.94. The molecule has 2 aromatic heterocycles. The molecule has 7 nitrogen and oxygen atoms in total. The molecule has 0 fully saturated rings. The molecule has 3 rings (SSSR count). The Hall–Kier alpha value is -3.10. The third kappa shape index (κ3) is 3.80. The molecule has 2 heterocycles. The van der Waals surface area contributed by atoms with E-state index in [4.69, 9.17) is 4.52 Å². The fraction of sp³-hybridized carbons (Fsp3) is 0.200. The van der Waals surface area contributed by atoms with Gasteiger partial charge in [-0.05, 0) is 0 Å². The Labute approximate surface area is 135 Å². The highest BCUT2D eigenvalue weighted by molar-refractivity contribution is 5.91. The lowest BCUT2D eigenvalue weighted by Crippen LogP contribution is -2.23. The highest BCUT2D eigenvalue weighted by Crippen LogP contribution is 2.18. The molecule has 0 radical (unpaired) electrons. The number of carbonyl (C=O) groups is 1. The maximum atomic E-state index is 12.2. The Morgan fingerprint density at radius 3 is 2.83 bits per heavy atom. The predicted octanol–water partition coefficient (Wildman–Crippen LogP) is 2.13. The molecule has 0 spiro atoms. The molecule has 0 saturated carbocycles. The number of hydrogen-bond acceptors (Lipinski definition) is 5. The molecule has 0 bridgehead atoms. The molecule has 24 heavy (non-hydrogen) atoms. The fourth-order valence-electron chi connectivity index (χ4n) is 2.03. The molecule has 0 unspecified atom stereocenters. The SMILES string of the molecule is O=C(NCc1cc(-c2ccccc2)no1)c1cn(CC(F)F)nn1. The Balaban J connectivity index is 1.59. The van der Waals surface area contributed by atoms with Crippen LogP contribution in [0, 0.1) is 0 Å². The van der Waals surface area contributed by atoms with Crippen molar-refractivity contribution in [2.75, 3.05) is 0 Å². The molecule has 9 heteroatoms. The number of nitrogens with zero attached hydrogens (tertiary/aromatic N) is 4. The van der Waals surface area contributed by atoms with E-state index in [-0.39, 0.29) is 12.2 Å². The number of aromatic nitrogens is 4. The number of carbonyl (C=O) groups excluding carboxylic acids is 1. The lowest BCUT2D eigenvalue weighted by Gasteiger charge is -1.98. The molecule has 0 aliphatic rings. The van der Waals surface area contributed by atoms with Crippen LogP contribution in [0.3, 0.4) is 0 Å². The lowest BCUT2D eigenvalue weighted by molar-refractivity contribution is 0.0941. The zero-order valence-electron chi connectivity index (χ0n) is 12.4. The number of hydrogen-bond donors (Lipinski definition) is 1. The van der Waals surface area contributed by atoms with Gasteiger partial charge in [-0.15, -0.1) is 5.10 Å². The van der Waals surface area contributed by atoms with Crippen LogP contribution in [0.5, 0.6) is 0 Å². The molecule has 1 aromatic carbocycles. The van der Waals surface area contributed by atoms with Gasteiger partial charge in [0.25, 0.3) is 12.3 Å². The monoisotopic (exact) mass is 333 g/mol. The van der Waals surface area contributed by atoms with E-state index >= 15 is 0 Å². The summed E-state index contributed by atoms with van der Waals surface area (Å²) in [4.78, 5) is 11.9. The van der Waals surface area contributed by atoms with Gasteiger partial charge in [0.05, 0.1) is 12.7 Å². The third-order valence-electron chi connectivity index (χ3n) is 3.15. The molecule has 0 saturated heterocycles. The van der Waals surface area contributed by atoms with Gasteiger partial charge in [0.15, 0.2) is 11.5 Å². The number of halogens is 2. The molecule has 1 amide bonds. The van der Waals surface area contributed by atoms with Crippen LogP contribution in [0.1, 0.15) is 16.2 Å². The van der Waals surface area contributed by atoms with Crippen molar-refractivity contribution < 1.29 is 18.1 Å². The van der Waals surface area contributed by atoms with Crippen LogP contribution in [0.25, 0.3) is 11.3 Å². The van der Waals surface area contributed by atoms with Crippen LogP contribution >= 0.6 is 0 Å². The first-order chi connectivity index (χ1) is 11.6. The molecule has 0 atom stereocenters. The third-order valence-corrected chi connectivity index (χ3v) is 3.15. The van der Waals surface area contributed by atoms with Crippen LogP contribution in [-0.4, -0.2) is 32.5 Å². The number of amides is 1. The van der Waals surface area contributed by atoms with E-state index < -0.39 is 18.9 Å². The first-order valence-corrected chi connectivity index (χ1v) is 7.09. The van der Waals surface area contributed by atoms with Gasteiger partial charge in [0.2, 0.25) is 0 Å². The summed E-state index contributed by atoms with van der Waals surface area (Å²) in [7, 11) is 0. The minimum absolute atomic E-state index is 0.0431. The van der Waals surface area contributed by atoms with E-state index in [1.165, 1.54) is 0 Å². The predicted molar refractivity (Wildman–Crippen MR) is 79.1 cm³/mol. The van der Waals surface area contributed by atoms with Crippen LogP contribution in [-0.2, 0) is 13.1 Å². The van der Waals surface area contributed by atoms with Gasteiger partial charge in [0, 0.05) is 11.6 Å². The maximum Gasteiger partial charge on any atom is 0.273 e. The number of nitrogens with one attached hydrogen (secondary N) is 1. The summed E-state index contributed by atoms with van der Waals surface area (Å²) < 4.78 is 30.5. The van der Waals surface area contributed by atoms with Crippen molar-refractivity contribution in [3.63, 3.8) is 0 Å². The van der Waals surface area contributed by atoms with Gasteiger partial charge in [-0.25, -0.2) is 13.5 Å². The van der Waals surface area contributed by atoms with E-state index in [1.54, 1.807) is 6.07 Å². The fourth-order valence-corrected chi connectivity index (χ4v) is 2.03. The van der Waals surface area contributed by atoms with E-state index in [0.29, 0.717) is 11.5 Å². The van der Waals surface area contributed by atoms with Gasteiger partial charge in [-0.2, -0.15) is 0 Å². The van der Waals surface area contributed by atoms with Gasteiger partial charge >= 0.3 is 0 Å². The summed E-state index contributed by atoms with van der Waals surface area (Å²) in [5, 5.41) is 13.5. The van der Waals surface area contributed by atoms with Crippen molar-refractivity contribution in [2.24, 2.45) is 0 Å². The minimum Gasteiger partial charge on any atom is -0.359 e. The first-order valence-electron chi connectivity index (χ1n) is 7.09. The maximum absolute atomic E-state index is 12.2. The Kier molecular flexibility index (Phi) is 4.59. The van der Waals surface area contributed by atoms with Crippen LogP contribution < -0.4 is 5.32 Å². The summed E-state index contributed by atoms with van der Waals surface area (Å²) in [5.41, 5.74) is 1.51. The van der Waals surface area contributed by atoms with E-state index in [2.05, 4.69) is 20.8 Å². The van der Waals surface area contributed by atoms with Crippen molar-refractivity contribution in [1.82, 2.24) is 25.5 Å². The second-order valence-corrected chi connectivity index (χ2v) is 4.94. The molecule has 0 aliphatic carbocycles. The van der Waals surface area contributed by atoms with Gasteiger partial charge < -0.3 is 9.84 Å². The molecular formula is C15H13F2N5O2. The van der Waals surface area contributed by atoms with Crippen molar-refractivity contribution in [1.29, 1.82) is 0 Å². The van der Waals surface area contributed by atoms with Crippen molar-refractivity contribution in [3.8, 4) is 11.3 Å². The number of rotatable bonds is 6. The second kappa shape index (κ2) is 6.99. The Morgan fingerprint density at radius 2 is 2.08 bits per heavy atom. The van der Waals surface area contributed by atoms with Crippen LogP contribution in [0.15, 0.2) is 47.1 Å². The van der Waals surface area contributed by atoms with Crippen molar-refractivity contribution in [3.05, 3.63) is 54.0 Å². The Morgan fingerprint density at radius 1 is 1.29 bits per heavy atom. The topological polar surface area (TPSA) is 85.8 Å². The average molecular weight is 333 g/mol. The van der Waals surface area contributed by atoms with Gasteiger partial charge in [-0.3, -0.25) is 4.79 Å². The quantitative estimate of drug-likeness (QED) is 0.747. The zero-order chi connectivity index (χ0) is 16.9. The summed E-state index contributed by atoms with van der Waals surface area (Å²) in [6, 6.07) is 11.2. The van der Waals surface area contributed by atoms with Gasteiger partial charge in [0.1, 0.15) is 12.2 Å². The smallest absolute Gasteiger partial charge is 0.273 e. The number of benzene rings is 1. The standard InChI is InChI=1S/C15H13F2N5O2/c16-14(17)9-22-8-13(19-21-22)15(23)18-7-11-6-12(20-24-11)10-4-2-1-3-5-10/h1-6,8,14H,7,9H2,(H,18,23). The largest absolute Gasteiger partial charge is 0.359 e. The van der Waals surface area contributed by atoms with E-state index in [1.807, 2.05) is 30.3 Å². The molecule has 1 N–H and O–H groups in total. The summed E-state index contributed by atoms with van der Waals surface area (Å²) >= 11 is 0. The highest BCUT2D eigenvalue weighted by atomic mass is 19.3. The normalized spacial score (nSPS) is 11.0. The van der Waals surface area contributed by atoms with Crippen LogP contribution in [0.2, 0.25) is 0 Å². The van der Waals surface area contributed by atoms with Crippen LogP contribution in [0.4, 0.5) is 8.78 Å². The molecular weight excluding hydrogens is 320 g/mol. The number of alkyl halides is 2. The Bertz CT molecular complexity index is 816. The summed E-state index contributed by atoms with van der Waals surface area (Å²) in [6.45, 7) is -0.511. The molecule has 124 valence electrons. The highest BCUT2D eigenvalue weighted by Gasteiger charge is 2.14. The minimum atomic E-state index is -2.56. The summed E-state index contributed by atoms with van der Waals surface area (Å²) in [5.74, 6) is -0.0737. The average Bonchev–Trinajstić information content (AvgIpc) is 3.22.